The standard InChI is InChI=1S/C15H32BrN/c1-4-5-6-7-8-9-10-11-12-17-15(3)14(2)13-16/h14-15,17H,4-13H2,1-3H3. The summed E-state index contributed by atoms with van der Waals surface area (Å²) in [7, 11) is 0. The van der Waals surface area contributed by atoms with Gasteiger partial charge in [-0.3, -0.25) is 0 Å². The van der Waals surface area contributed by atoms with Crippen molar-refractivity contribution >= 4 is 15.9 Å². The van der Waals surface area contributed by atoms with E-state index in [0.717, 1.165) is 11.2 Å². The van der Waals surface area contributed by atoms with Crippen LogP contribution in [0.4, 0.5) is 0 Å². The van der Waals surface area contributed by atoms with Gasteiger partial charge in [-0.15, -0.1) is 0 Å². The van der Waals surface area contributed by atoms with Crippen molar-refractivity contribution in [3.8, 4) is 0 Å². The Labute approximate surface area is 117 Å². The highest BCUT2D eigenvalue weighted by atomic mass is 79.9. The molecule has 2 heteroatoms. The third kappa shape index (κ3) is 11.3. The highest BCUT2D eigenvalue weighted by molar-refractivity contribution is 9.09. The molecule has 0 aromatic rings. The number of rotatable bonds is 12. The van der Waals surface area contributed by atoms with Crippen molar-refractivity contribution in [2.24, 2.45) is 5.92 Å². The van der Waals surface area contributed by atoms with Crippen LogP contribution in [0, 0.1) is 5.92 Å². The van der Waals surface area contributed by atoms with Gasteiger partial charge in [0.2, 0.25) is 0 Å². The number of nitrogens with one attached hydrogen (secondary N) is 1. The Morgan fingerprint density at radius 3 is 1.94 bits per heavy atom. The zero-order valence-corrected chi connectivity index (χ0v) is 13.7. The first-order chi connectivity index (χ1) is 8.22. The Hall–Kier alpha value is 0.440. The van der Waals surface area contributed by atoms with Crippen LogP contribution in [0.2, 0.25) is 0 Å². The Balaban J connectivity index is 3.13. The second-order valence-corrected chi connectivity index (χ2v) is 6.00. The van der Waals surface area contributed by atoms with E-state index in [1.807, 2.05) is 0 Å². The summed E-state index contributed by atoms with van der Waals surface area (Å²) >= 11 is 3.54. The Morgan fingerprint density at radius 1 is 0.882 bits per heavy atom. The second kappa shape index (κ2) is 12.9. The maximum absolute atomic E-state index is 3.61. The monoisotopic (exact) mass is 305 g/mol. The summed E-state index contributed by atoms with van der Waals surface area (Å²) in [5.74, 6) is 0.726. The van der Waals surface area contributed by atoms with Gasteiger partial charge in [-0.2, -0.15) is 0 Å². The molecule has 0 fully saturated rings. The molecule has 0 rings (SSSR count). The van der Waals surface area contributed by atoms with Crippen LogP contribution < -0.4 is 5.32 Å². The van der Waals surface area contributed by atoms with Crippen molar-refractivity contribution < 1.29 is 0 Å². The van der Waals surface area contributed by atoms with Crippen LogP contribution in [-0.4, -0.2) is 17.9 Å². The van der Waals surface area contributed by atoms with Gasteiger partial charge in [-0.05, 0) is 25.8 Å². The molecule has 2 atom stereocenters. The van der Waals surface area contributed by atoms with Crippen LogP contribution in [-0.2, 0) is 0 Å². The van der Waals surface area contributed by atoms with Crippen molar-refractivity contribution in [3.63, 3.8) is 0 Å². The second-order valence-electron chi connectivity index (χ2n) is 5.35. The summed E-state index contributed by atoms with van der Waals surface area (Å²) in [6.45, 7) is 8.05. The van der Waals surface area contributed by atoms with Crippen molar-refractivity contribution in [3.05, 3.63) is 0 Å². The van der Waals surface area contributed by atoms with Gasteiger partial charge in [0.1, 0.15) is 0 Å². The molecule has 0 saturated heterocycles. The largest absolute Gasteiger partial charge is 0.314 e. The Kier molecular flexibility index (Phi) is 13.2. The first kappa shape index (κ1) is 17.4. The van der Waals surface area contributed by atoms with Gasteiger partial charge in [0.25, 0.3) is 0 Å². The molecule has 104 valence electrons. The fourth-order valence-corrected chi connectivity index (χ4v) is 2.48. The lowest BCUT2D eigenvalue weighted by Crippen LogP contribution is -2.33. The SMILES string of the molecule is CCCCCCCCCCNC(C)C(C)CBr. The van der Waals surface area contributed by atoms with Crippen molar-refractivity contribution in [2.45, 2.75) is 78.2 Å². The lowest BCUT2D eigenvalue weighted by molar-refractivity contribution is 0.425. The molecule has 0 bridgehead atoms. The summed E-state index contributed by atoms with van der Waals surface area (Å²) < 4.78 is 0. The molecule has 0 aliphatic rings. The number of unbranched alkanes of at least 4 members (excludes halogenated alkanes) is 7. The van der Waals surface area contributed by atoms with Crippen LogP contribution in [0.1, 0.15) is 72.1 Å². The van der Waals surface area contributed by atoms with Gasteiger partial charge >= 0.3 is 0 Å². The number of alkyl halides is 1. The fourth-order valence-electron chi connectivity index (χ4n) is 1.92. The van der Waals surface area contributed by atoms with E-state index in [1.165, 1.54) is 57.9 Å². The molecule has 0 saturated carbocycles. The first-order valence-corrected chi connectivity index (χ1v) is 8.63. The van der Waals surface area contributed by atoms with E-state index in [-0.39, 0.29) is 0 Å². The van der Waals surface area contributed by atoms with E-state index in [9.17, 15) is 0 Å². The number of halogens is 1. The van der Waals surface area contributed by atoms with E-state index in [2.05, 4.69) is 42.0 Å². The van der Waals surface area contributed by atoms with E-state index < -0.39 is 0 Å². The molecule has 1 N–H and O–H groups in total. The Morgan fingerprint density at radius 2 is 1.41 bits per heavy atom. The third-order valence-corrected chi connectivity index (χ3v) is 4.61. The molecule has 17 heavy (non-hydrogen) atoms. The van der Waals surface area contributed by atoms with E-state index in [1.54, 1.807) is 0 Å². The molecular weight excluding hydrogens is 274 g/mol. The van der Waals surface area contributed by atoms with Crippen LogP contribution in [0.25, 0.3) is 0 Å². The maximum Gasteiger partial charge on any atom is 0.00723 e. The van der Waals surface area contributed by atoms with Crippen molar-refractivity contribution in [1.29, 1.82) is 0 Å². The molecule has 0 spiro atoms. The molecule has 0 aliphatic heterocycles. The van der Waals surface area contributed by atoms with Gasteiger partial charge in [-0.1, -0.05) is 74.7 Å². The highest BCUT2D eigenvalue weighted by Crippen LogP contribution is 2.09. The fraction of sp³-hybridized carbons (Fsp3) is 1.00. The average molecular weight is 306 g/mol. The van der Waals surface area contributed by atoms with Gasteiger partial charge < -0.3 is 5.32 Å². The lowest BCUT2D eigenvalue weighted by atomic mass is 10.1. The first-order valence-electron chi connectivity index (χ1n) is 7.51. The summed E-state index contributed by atoms with van der Waals surface area (Å²) in [5, 5.41) is 4.71. The van der Waals surface area contributed by atoms with Gasteiger partial charge in [0.05, 0.1) is 0 Å². The van der Waals surface area contributed by atoms with Crippen LogP contribution in [0.5, 0.6) is 0 Å². The van der Waals surface area contributed by atoms with Crippen LogP contribution in [0.3, 0.4) is 0 Å². The van der Waals surface area contributed by atoms with Gasteiger partial charge in [-0.25, -0.2) is 0 Å². The topological polar surface area (TPSA) is 12.0 Å². The zero-order chi connectivity index (χ0) is 12.9. The van der Waals surface area contributed by atoms with Gasteiger partial charge in [0, 0.05) is 11.4 Å². The van der Waals surface area contributed by atoms with Crippen LogP contribution >= 0.6 is 15.9 Å². The molecule has 1 nitrogen and oxygen atoms in total. The third-order valence-electron chi connectivity index (χ3n) is 3.59. The Bertz CT molecular complexity index is 150. The summed E-state index contributed by atoms with van der Waals surface area (Å²) in [6, 6.07) is 0.638. The molecule has 0 aliphatic carbocycles. The molecule has 0 radical (unpaired) electrons. The minimum Gasteiger partial charge on any atom is -0.314 e. The summed E-state index contributed by atoms with van der Waals surface area (Å²) in [4.78, 5) is 0. The predicted molar refractivity (Wildman–Crippen MR) is 83.0 cm³/mol. The lowest BCUT2D eigenvalue weighted by Gasteiger charge is -2.19. The van der Waals surface area contributed by atoms with E-state index in [4.69, 9.17) is 0 Å². The summed E-state index contributed by atoms with van der Waals surface area (Å²) in [5.41, 5.74) is 0. The van der Waals surface area contributed by atoms with Crippen molar-refractivity contribution in [2.75, 3.05) is 11.9 Å². The molecule has 0 aromatic heterocycles. The average Bonchev–Trinajstić information content (AvgIpc) is 2.35. The molecule has 0 amide bonds. The molecule has 0 heterocycles. The van der Waals surface area contributed by atoms with E-state index >= 15 is 0 Å². The highest BCUT2D eigenvalue weighted by Gasteiger charge is 2.08. The number of hydrogen-bond acceptors (Lipinski definition) is 1. The molecule has 2 unspecified atom stereocenters. The minimum atomic E-state index is 0.638. The predicted octanol–water partition coefficient (Wildman–Crippen LogP) is 5.14. The molecule has 0 aromatic carbocycles. The number of hydrogen-bond donors (Lipinski definition) is 1. The van der Waals surface area contributed by atoms with E-state index in [0.29, 0.717) is 6.04 Å². The van der Waals surface area contributed by atoms with Gasteiger partial charge in [0.15, 0.2) is 0 Å². The zero-order valence-electron chi connectivity index (χ0n) is 12.1. The quantitative estimate of drug-likeness (QED) is 0.389. The normalized spacial score (nSPS) is 14.8. The molecular formula is C15H32BrN. The van der Waals surface area contributed by atoms with Crippen LogP contribution in [0.15, 0.2) is 0 Å². The summed E-state index contributed by atoms with van der Waals surface area (Å²) in [6.07, 6.45) is 11.3. The van der Waals surface area contributed by atoms with Crippen molar-refractivity contribution in [1.82, 2.24) is 5.32 Å². The maximum atomic E-state index is 3.61. The smallest absolute Gasteiger partial charge is 0.00723 e. The minimum absolute atomic E-state index is 0.638.